The molecule has 0 aliphatic rings. The monoisotopic (exact) mass is 350 g/mol. The van der Waals surface area contributed by atoms with Crippen molar-refractivity contribution in [3.05, 3.63) is 46.6 Å². The van der Waals surface area contributed by atoms with E-state index in [9.17, 15) is 13.2 Å². The summed E-state index contributed by atoms with van der Waals surface area (Å²) in [5, 5.41) is 6.95. The number of aromatic nitrogens is 5. The van der Waals surface area contributed by atoms with Crippen molar-refractivity contribution in [2.75, 3.05) is 7.11 Å². The van der Waals surface area contributed by atoms with Gasteiger partial charge in [-0.1, -0.05) is 17.3 Å². The Balaban J connectivity index is 1.88. The fourth-order valence-electron chi connectivity index (χ4n) is 2.04. The van der Waals surface area contributed by atoms with Crippen molar-refractivity contribution in [2.24, 2.45) is 7.05 Å². The molecule has 0 radical (unpaired) electrons. The fraction of sp³-hybridized carbons (Fsp3) is 0.231. The van der Waals surface area contributed by atoms with E-state index in [1.165, 1.54) is 7.05 Å². The van der Waals surface area contributed by atoms with Crippen molar-refractivity contribution in [1.82, 2.24) is 29.1 Å². The Morgan fingerprint density at radius 2 is 1.96 bits per heavy atom. The van der Waals surface area contributed by atoms with E-state index in [-0.39, 0.29) is 17.2 Å². The molecular formula is C13H14N6O4S. The first-order valence-electron chi connectivity index (χ1n) is 6.82. The molecular weight excluding hydrogens is 336 g/mol. The number of imidazole rings is 1. The predicted molar refractivity (Wildman–Crippen MR) is 83.0 cm³/mol. The van der Waals surface area contributed by atoms with Crippen LogP contribution in [0, 0.1) is 0 Å². The van der Waals surface area contributed by atoms with E-state index in [2.05, 4.69) is 20.0 Å². The Morgan fingerprint density at radius 1 is 1.25 bits per heavy atom. The zero-order chi connectivity index (χ0) is 17.3. The third-order valence-corrected chi connectivity index (χ3v) is 4.67. The van der Waals surface area contributed by atoms with Gasteiger partial charge in [0.15, 0.2) is 0 Å². The molecule has 0 atom stereocenters. The van der Waals surface area contributed by atoms with Crippen LogP contribution in [0.1, 0.15) is 5.56 Å². The molecule has 10 nitrogen and oxygen atoms in total. The molecule has 2 heterocycles. The normalized spacial score (nSPS) is 11.8. The van der Waals surface area contributed by atoms with Gasteiger partial charge in [0, 0.05) is 13.6 Å². The molecule has 0 bridgehead atoms. The number of hydrogen-bond donors (Lipinski definition) is 1. The third-order valence-electron chi connectivity index (χ3n) is 3.35. The summed E-state index contributed by atoms with van der Waals surface area (Å²) in [7, 11) is -0.995. The van der Waals surface area contributed by atoms with Crippen molar-refractivity contribution in [1.29, 1.82) is 0 Å². The zero-order valence-corrected chi connectivity index (χ0v) is 13.7. The average molecular weight is 350 g/mol. The summed E-state index contributed by atoms with van der Waals surface area (Å²) in [5.74, 6) is 0.674. The van der Waals surface area contributed by atoms with E-state index in [4.69, 9.17) is 4.74 Å². The number of sulfonamides is 1. The minimum absolute atomic E-state index is 0.0591. The lowest BCUT2D eigenvalue weighted by Crippen LogP contribution is -2.28. The number of ether oxygens (including phenoxy) is 1. The van der Waals surface area contributed by atoms with Gasteiger partial charge in [0.1, 0.15) is 12.1 Å². The van der Waals surface area contributed by atoms with Gasteiger partial charge in [-0.15, -0.1) is 5.10 Å². The second kappa shape index (κ2) is 6.02. The molecule has 0 amide bonds. The van der Waals surface area contributed by atoms with Gasteiger partial charge < -0.3 is 4.74 Å². The van der Waals surface area contributed by atoms with Crippen molar-refractivity contribution in [3.63, 3.8) is 0 Å². The number of aryl methyl sites for hydroxylation is 1. The lowest BCUT2D eigenvalue weighted by molar-refractivity contribution is 0.414. The zero-order valence-electron chi connectivity index (χ0n) is 12.9. The van der Waals surface area contributed by atoms with Crippen LogP contribution in [0.3, 0.4) is 0 Å². The molecule has 0 spiro atoms. The molecule has 24 heavy (non-hydrogen) atoms. The minimum Gasteiger partial charge on any atom is -0.497 e. The van der Waals surface area contributed by atoms with E-state index in [1.807, 2.05) is 0 Å². The molecule has 1 N–H and O–H groups in total. The Labute approximate surface area is 136 Å². The third kappa shape index (κ3) is 2.86. The summed E-state index contributed by atoms with van der Waals surface area (Å²) in [6.07, 6.45) is 1.11. The largest absolute Gasteiger partial charge is 0.497 e. The molecule has 126 valence electrons. The topological polar surface area (TPSA) is 120 Å². The summed E-state index contributed by atoms with van der Waals surface area (Å²) in [4.78, 5) is 15.6. The lowest BCUT2D eigenvalue weighted by Gasteiger charge is -2.06. The van der Waals surface area contributed by atoms with Gasteiger partial charge in [0.25, 0.3) is 10.0 Å². The Hall–Kier alpha value is -2.79. The number of benzene rings is 1. The average Bonchev–Trinajstić information content (AvgIpc) is 3.02. The molecule has 0 saturated heterocycles. The Bertz CT molecular complexity index is 1040. The summed E-state index contributed by atoms with van der Waals surface area (Å²) in [6.45, 7) is 0.0591. The van der Waals surface area contributed by atoms with Gasteiger partial charge in [-0.25, -0.2) is 27.3 Å². The molecule has 3 aromatic rings. The van der Waals surface area contributed by atoms with E-state index < -0.39 is 15.7 Å². The Morgan fingerprint density at radius 3 is 2.62 bits per heavy atom. The van der Waals surface area contributed by atoms with Crippen LogP contribution >= 0.6 is 0 Å². The maximum Gasteiger partial charge on any atom is 0.352 e. The van der Waals surface area contributed by atoms with Crippen LogP contribution < -0.4 is 15.1 Å². The number of methoxy groups -OCH3 is 1. The van der Waals surface area contributed by atoms with Crippen LogP contribution in [0.2, 0.25) is 0 Å². The molecule has 0 unspecified atom stereocenters. The highest BCUT2D eigenvalue weighted by molar-refractivity contribution is 7.89. The van der Waals surface area contributed by atoms with Crippen LogP contribution in [-0.2, 0) is 23.6 Å². The molecule has 1 aromatic carbocycles. The smallest absolute Gasteiger partial charge is 0.352 e. The fourth-order valence-corrected chi connectivity index (χ4v) is 3.10. The van der Waals surface area contributed by atoms with Crippen molar-refractivity contribution in [3.8, 4) is 5.75 Å². The van der Waals surface area contributed by atoms with Gasteiger partial charge in [-0.3, -0.25) is 0 Å². The molecule has 11 heteroatoms. The van der Waals surface area contributed by atoms with Crippen LogP contribution in [-0.4, -0.2) is 39.9 Å². The van der Waals surface area contributed by atoms with E-state index in [0.717, 1.165) is 21.0 Å². The highest BCUT2D eigenvalue weighted by atomic mass is 32.2. The molecule has 2 aromatic heterocycles. The minimum atomic E-state index is -3.95. The van der Waals surface area contributed by atoms with Gasteiger partial charge in [0.05, 0.1) is 7.11 Å². The quantitative estimate of drug-likeness (QED) is 0.646. The molecule has 0 aliphatic carbocycles. The number of fused-ring (bicyclic) bond motifs is 1. The summed E-state index contributed by atoms with van der Waals surface area (Å²) < 4.78 is 34.3. The van der Waals surface area contributed by atoms with Gasteiger partial charge in [0.2, 0.25) is 10.7 Å². The number of hydrogen-bond acceptors (Lipinski definition) is 7. The van der Waals surface area contributed by atoms with Crippen molar-refractivity contribution >= 4 is 15.7 Å². The maximum absolute atomic E-state index is 12.4. The first-order chi connectivity index (χ1) is 11.4. The van der Waals surface area contributed by atoms with Crippen molar-refractivity contribution in [2.45, 2.75) is 11.6 Å². The lowest BCUT2D eigenvalue weighted by atomic mass is 10.2. The van der Waals surface area contributed by atoms with E-state index in [1.54, 1.807) is 31.4 Å². The molecule has 0 aliphatic heterocycles. The first-order valence-corrected chi connectivity index (χ1v) is 8.30. The number of rotatable bonds is 5. The maximum atomic E-state index is 12.4. The molecule has 0 fully saturated rings. The second-order valence-electron chi connectivity index (χ2n) is 4.91. The summed E-state index contributed by atoms with van der Waals surface area (Å²) in [6, 6.07) is 6.93. The summed E-state index contributed by atoms with van der Waals surface area (Å²) in [5.41, 5.74) is 0.0781. The number of nitrogens with one attached hydrogen (secondary N) is 1. The molecule has 0 saturated carbocycles. The van der Waals surface area contributed by atoms with Crippen molar-refractivity contribution < 1.29 is 13.2 Å². The second-order valence-corrected chi connectivity index (χ2v) is 6.59. The van der Waals surface area contributed by atoms with Crippen LogP contribution in [0.4, 0.5) is 0 Å². The van der Waals surface area contributed by atoms with Crippen LogP contribution in [0.15, 0.2) is 40.4 Å². The van der Waals surface area contributed by atoms with E-state index in [0.29, 0.717) is 5.75 Å². The first kappa shape index (κ1) is 16.1. The number of nitrogens with zero attached hydrogens (tertiary/aromatic N) is 5. The highest BCUT2D eigenvalue weighted by Gasteiger charge is 2.23. The van der Waals surface area contributed by atoms with E-state index >= 15 is 0 Å². The SMILES string of the molecule is COc1ccc(CNS(=O)(=O)c2ncn3c(=O)n(C)nnc23)cc1. The van der Waals surface area contributed by atoms with Gasteiger partial charge >= 0.3 is 5.69 Å². The van der Waals surface area contributed by atoms with Gasteiger partial charge in [-0.2, -0.15) is 4.68 Å². The van der Waals surface area contributed by atoms with Gasteiger partial charge in [-0.05, 0) is 17.7 Å². The van der Waals surface area contributed by atoms with Crippen LogP contribution in [0.25, 0.3) is 5.65 Å². The highest BCUT2D eigenvalue weighted by Crippen LogP contribution is 2.13. The van der Waals surface area contributed by atoms with Crippen LogP contribution in [0.5, 0.6) is 5.75 Å². The molecule has 3 rings (SSSR count). The standard InChI is InChI=1S/C13H14N6O4S/c1-18-13(20)19-8-14-12(11(19)16-17-18)24(21,22)15-7-9-3-5-10(23-2)6-4-9/h3-6,8,15H,7H2,1-2H3. The Kier molecular flexibility index (Phi) is 4.03. The summed E-state index contributed by atoms with van der Waals surface area (Å²) >= 11 is 0. The predicted octanol–water partition coefficient (Wildman–Crippen LogP) is -0.690.